The van der Waals surface area contributed by atoms with Crippen molar-refractivity contribution in [3.8, 4) is 16.9 Å². The summed E-state index contributed by atoms with van der Waals surface area (Å²) in [6.45, 7) is 24.0. The highest BCUT2D eigenvalue weighted by atomic mass is 16.7. The summed E-state index contributed by atoms with van der Waals surface area (Å²) >= 11 is 0. The molecule has 0 unspecified atom stereocenters. The predicted octanol–water partition coefficient (Wildman–Crippen LogP) is 6.69. The number of benzene rings is 4. The van der Waals surface area contributed by atoms with Crippen molar-refractivity contribution < 1.29 is 159 Å². The molecule has 42 heteroatoms. The van der Waals surface area contributed by atoms with Gasteiger partial charge in [-0.15, -0.1) is 0 Å². The first-order valence-electron chi connectivity index (χ1n) is 50.4. The van der Waals surface area contributed by atoms with Gasteiger partial charge in [0.25, 0.3) is 0 Å². The van der Waals surface area contributed by atoms with Crippen molar-refractivity contribution in [1.29, 1.82) is 0 Å². The topological polar surface area (TPSA) is 520 Å². The van der Waals surface area contributed by atoms with Crippen LogP contribution in [0.5, 0.6) is 5.75 Å². The lowest BCUT2D eigenvalue weighted by Gasteiger charge is -2.41. The first-order chi connectivity index (χ1) is 69.9. The number of fused-ring (bicyclic) bond motifs is 3. The highest BCUT2D eigenvalue weighted by Gasteiger charge is 2.49. The van der Waals surface area contributed by atoms with Crippen LogP contribution in [0.1, 0.15) is 154 Å². The van der Waals surface area contributed by atoms with Crippen LogP contribution in [-0.4, -0.2) is 386 Å². The second-order valence-electron chi connectivity index (χ2n) is 36.4. The average molecular weight is 2050 g/mol. The first kappa shape index (κ1) is 122. The van der Waals surface area contributed by atoms with Crippen molar-refractivity contribution in [1.82, 2.24) is 41.3 Å². The fraction of sp³-hybridized carbons (Fsp3) is 0.670. The third-order valence-corrected chi connectivity index (χ3v) is 25.2. The number of aliphatic hydroxyl groups is 4. The minimum atomic E-state index is -2.04. The third kappa shape index (κ3) is 41.3. The number of nitrogens with zero attached hydrogens (tertiary/aromatic N) is 3. The Bertz CT molecular complexity index is 4430. The maximum Gasteiger partial charge on any atom is 0.411 e. The lowest BCUT2D eigenvalue weighted by molar-refractivity contribution is -0.271. The molecule has 145 heavy (non-hydrogen) atoms. The van der Waals surface area contributed by atoms with Crippen molar-refractivity contribution in [3.63, 3.8) is 0 Å². The molecule has 42 nitrogen and oxygen atoms in total. The van der Waals surface area contributed by atoms with Gasteiger partial charge in [-0.2, -0.15) is 0 Å². The fourth-order valence-electron chi connectivity index (χ4n) is 17.1. The van der Waals surface area contributed by atoms with Crippen LogP contribution < -0.4 is 36.6 Å². The maximum atomic E-state index is 15.0. The molecule has 4 aromatic carbocycles. The highest BCUT2D eigenvalue weighted by Crippen LogP contribution is 2.45. The predicted molar refractivity (Wildman–Crippen MR) is 531 cm³/mol. The molecule has 814 valence electrons. The van der Waals surface area contributed by atoms with Crippen LogP contribution >= 0.6 is 0 Å². The third-order valence-electron chi connectivity index (χ3n) is 25.2. The van der Waals surface area contributed by atoms with Crippen LogP contribution in [0.2, 0.25) is 0 Å². The molecule has 2 aliphatic heterocycles. The van der Waals surface area contributed by atoms with Gasteiger partial charge in [0.05, 0.1) is 200 Å². The molecule has 11 N–H and O–H groups in total. The lowest BCUT2D eigenvalue weighted by atomic mass is 9.89. The van der Waals surface area contributed by atoms with E-state index in [-0.39, 0.29) is 118 Å². The number of methoxy groups -OCH3 is 2. The number of likely N-dealkylation sites (tertiary alicyclic amines) is 1. The number of anilines is 1. The second-order valence-corrected chi connectivity index (χ2v) is 36.4. The standard InChI is InChI=1S/C103H159N9O33/c1-14-37-105-96(120)79(107-102(126)142-66-78-76-30-21-19-28-74(76)75-29-20-22-31-77(75)78)32-23-24-38-104-84(113)36-40-130-41-42-131-43-44-132-45-46-133-47-48-134-49-50-135-51-52-136-53-54-137-55-56-138-57-58-139-59-60-140-61-62-141-101(125)108-80-63-72(34-35-82(80)144-100-92(118)90(116)91(117)94(145-100)99(123)124)65-143-103(127)111(11)87(68(5)6)97(121)109-86(67(3)4)98(122)110(10)88(69(7)15-2)83(128-12)64-85(114)112-39-25-33-81(112)93(129-13)70(8)95(119)106-71(9)89(115)73-26-17-16-18-27-73/h16-22,26-31,34-35,63,67-71,78-79,81,83,86-94,100,115-118H,14-15,23-25,32-33,36-62,64-66H2,1-13H3,(H,104,113)(H,105,120)(H,106,119)(H,107,126)(H,108,125)(H,109,121)(H,123,124)/t69-,70+,71+,79-,81-,83+,86-,87-,88-,89+,90-,91-,92+,93+,94-,100+/m0/s1. The molecule has 2 saturated heterocycles. The number of nitrogens with one attached hydrogen (secondary N) is 6. The van der Waals surface area contributed by atoms with Gasteiger partial charge in [-0.05, 0) is 109 Å². The summed E-state index contributed by atoms with van der Waals surface area (Å²) in [6.07, 6.45) is -11.0. The van der Waals surface area contributed by atoms with Crippen LogP contribution in [-0.2, 0) is 121 Å². The molecule has 2 fully saturated rings. The number of aliphatic carboxylic acids is 1. The number of rotatable bonds is 73. The number of hydrogen-bond acceptors (Lipinski definition) is 32. The van der Waals surface area contributed by atoms with Gasteiger partial charge in [-0.1, -0.05) is 147 Å². The molecule has 0 spiro atoms. The summed E-state index contributed by atoms with van der Waals surface area (Å²) in [5, 5.41) is 69.4. The molecular formula is C103H159N9O33. The highest BCUT2D eigenvalue weighted by molar-refractivity contribution is 5.92. The first-order valence-corrected chi connectivity index (χ1v) is 50.4. The van der Waals surface area contributed by atoms with Crippen molar-refractivity contribution in [2.24, 2.45) is 23.7 Å². The number of carboxylic acids is 1. The van der Waals surface area contributed by atoms with E-state index in [1.807, 2.05) is 63.2 Å². The molecule has 3 aliphatic rings. The van der Waals surface area contributed by atoms with E-state index >= 15 is 0 Å². The Hall–Kier alpha value is -9.94. The quantitative estimate of drug-likeness (QED) is 0.0162. The minimum absolute atomic E-state index is 0.0610. The van der Waals surface area contributed by atoms with Gasteiger partial charge in [-0.25, -0.2) is 19.2 Å². The zero-order chi connectivity index (χ0) is 106. The summed E-state index contributed by atoms with van der Waals surface area (Å²) in [5.74, 6) is -6.20. The smallest absolute Gasteiger partial charge is 0.411 e. The molecule has 0 saturated carbocycles. The van der Waals surface area contributed by atoms with E-state index in [0.29, 0.717) is 169 Å². The van der Waals surface area contributed by atoms with Crippen molar-refractivity contribution >= 4 is 65.4 Å². The molecule has 1 aliphatic carbocycles. The van der Waals surface area contributed by atoms with Gasteiger partial charge in [0.15, 0.2) is 6.10 Å². The number of likely N-dealkylation sites (N-methyl/N-ethyl adjacent to an activating group) is 2. The van der Waals surface area contributed by atoms with E-state index in [2.05, 4.69) is 44.0 Å². The molecule has 16 atom stereocenters. The zero-order valence-corrected chi connectivity index (χ0v) is 86.4. The molecule has 4 aromatic rings. The van der Waals surface area contributed by atoms with Gasteiger partial charge in [0, 0.05) is 60.3 Å². The van der Waals surface area contributed by atoms with E-state index < -0.39 is 146 Å². The normalized spacial score (nSPS) is 18.2. The van der Waals surface area contributed by atoms with Gasteiger partial charge in [0.2, 0.25) is 41.7 Å². The Morgan fingerprint density at radius 2 is 1.07 bits per heavy atom. The Morgan fingerprint density at radius 1 is 0.538 bits per heavy atom. The summed E-state index contributed by atoms with van der Waals surface area (Å²) < 4.78 is 101. The Kier molecular flexibility index (Phi) is 57.1. The minimum Gasteiger partial charge on any atom is -0.479 e. The van der Waals surface area contributed by atoms with E-state index in [1.165, 1.54) is 44.4 Å². The van der Waals surface area contributed by atoms with Gasteiger partial charge in [0.1, 0.15) is 62.0 Å². The number of aliphatic hydroxyl groups excluding tert-OH is 4. The number of carbonyl (C=O) groups is 10. The molecule has 2 heterocycles. The SMILES string of the molecule is CCCNC(=O)[C@H](CCCCNC(=O)CCOCCOCCOCCOCCOCCOCCOCCOCCOCCOCCOCCOC(=O)Nc1cc(COC(=O)N(C)[C@H](C(=O)N[C@H](C(=O)N(C)[C@@H]([C@@H](C)CC)[C@@H](CC(=O)N2CCC[C@H]2[C@H](OC)[C@@H](C)C(=O)N[C@H](C)[C@@H](O)c2ccccc2)OC)C(C)C)C(C)C)ccc1O[C@@H]1O[C@H](C(=O)O)[C@@H](O)[C@H](O)[C@H]1O)NC(=O)OCC1c2ccccc2-c2ccccc21. The maximum absolute atomic E-state index is 15.0. The van der Waals surface area contributed by atoms with Crippen LogP contribution in [0.3, 0.4) is 0 Å². The van der Waals surface area contributed by atoms with Crippen LogP contribution in [0.25, 0.3) is 11.1 Å². The Balaban J connectivity index is 0.690. The fourth-order valence-corrected chi connectivity index (χ4v) is 17.1. The van der Waals surface area contributed by atoms with Gasteiger partial charge >= 0.3 is 24.2 Å². The van der Waals surface area contributed by atoms with Crippen molar-refractivity contribution in [2.75, 3.05) is 212 Å². The number of ether oxygens (including phenoxy) is 18. The summed E-state index contributed by atoms with van der Waals surface area (Å²) in [7, 11) is 5.93. The Morgan fingerprint density at radius 3 is 1.58 bits per heavy atom. The molecule has 7 rings (SSSR count). The van der Waals surface area contributed by atoms with E-state index in [1.54, 1.807) is 77.8 Å². The van der Waals surface area contributed by atoms with E-state index in [4.69, 9.17) is 85.3 Å². The van der Waals surface area contributed by atoms with E-state index in [0.717, 1.165) is 33.6 Å². The number of amides is 9. The second kappa shape index (κ2) is 67.8. The zero-order valence-electron chi connectivity index (χ0n) is 86.4. The lowest BCUT2D eigenvalue weighted by Crippen LogP contribution is -2.61. The summed E-state index contributed by atoms with van der Waals surface area (Å²) in [6, 6.07) is 24.2. The van der Waals surface area contributed by atoms with Crippen molar-refractivity contribution in [3.05, 3.63) is 119 Å². The molecule has 0 radical (unpaired) electrons. The molecule has 9 amide bonds. The van der Waals surface area contributed by atoms with Crippen LogP contribution in [0.15, 0.2) is 97.1 Å². The number of alkyl carbamates (subject to hydrolysis) is 1. The average Bonchev–Trinajstić information content (AvgIpc) is 1.66. The summed E-state index contributed by atoms with van der Waals surface area (Å²) in [4.78, 5) is 140. The van der Waals surface area contributed by atoms with Crippen LogP contribution in [0, 0.1) is 23.7 Å². The summed E-state index contributed by atoms with van der Waals surface area (Å²) in [5.41, 5.74) is 5.15. The Labute approximate surface area is 851 Å². The number of unbranched alkanes of at least 4 members (excludes halogenated alkanes) is 1. The molecule has 0 bridgehead atoms. The number of hydrogen-bond donors (Lipinski definition) is 11. The molecule has 0 aromatic heterocycles. The monoisotopic (exact) mass is 2050 g/mol. The van der Waals surface area contributed by atoms with Gasteiger partial charge < -0.3 is 147 Å². The van der Waals surface area contributed by atoms with E-state index in [9.17, 15) is 73.5 Å². The largest absolute Gasteiger partial charge is 0.479 e. The number of carboxylic acid groups (broad SMARTS) is 1. The van der Waals surface area contributed by atoms with Crippen molar-refractivity contribution in [2.45, 2.75) is 218 Å². The van der Waals surface area contributed by atoms with Gasteiger partial charge in [-0.3, -0.25) is 39.0 Å². The number of carbonyl (C=O) groups excluding carboxylic acids is 9. The van der Waals surface area contributed by atoms with Crippen LogP contribution in [0.4, 0.5) is 20.1 Å². The molecular weight excluding hydrogens is 1890 g/mol.